The Morgan fingerprint density at radius 2 is 2.18 bits per heavy atom. The predicted molar refractivity (Wildman–Crippen MR) is 90.2 cm³/mol. The van der Waals surface area contributed by atoms with Crippen molar-refractivity contribution in [2.24, 2.45) is 7.05 Å². The third kappa shape index (κ3) is 2.12. The van der Waals surface area contributed by atoms with Gasteiger partial charge in [-0.15, -0.1) is 11.3 Å². The quantitative estimate of drug-likeness (QED) is 0.629. The minimum absolute atomic E-state index is 0.725. The first-order valence-corrected chi connectivity index (χ1v) is 7.93. The molecule has 0 unspecified atom stereocenters. The van der Waals surface area contributed by atoms with Gasteiger partial charge in [0.25, 0.3) is 0 Å². The number of rotatable bonds is 3. The SMILES string of the molecule is Cc1csc2ncnc(NCc3ccc4cnn(C)c4c3)c12. The molecule has 3 heterocycles. The lowest BCUT2D eigenvalue weighted by atomic mass is 10.1. The van der Waals surface area contributed by atoms with Crippen molar-refractivity contribution in [1.82, 2.24) is 19.7 Å². The lowest BCUT2D eigenvalue weighted by Gasteiger charge is -2.08. The maximum atomic E-state index is 4.39. The van der Waals surface area contributed by atoms with E-state index < -0.39 is 0 Å². The maximum absolute atomic E-state index is 4.39. The second-order valence-corrected chi connectivity index (χ2v) is 6.19. The minimum atomic E-state index is 0.725. The van der Waals surface area contributed by atoms with Crippen LogP contribution in [0.25, 0.3) is 21.1 Å². The molecule has 0 bridgehead atoms. The largest absolute Gasteiger partial charge is 0.365 e. The molecule has 3 aromatic heterocycles. The van der Waals surface area contributed by atoms with Gasteiger partial charge in [-0.1, -0.05) is 12.1 Å². The highest BCUT2D eigenvalue weighted by atomic mass is 32.1. The van der Waals surface area contributed by atoms with Crippen LogP contribution in [0.4, 0.5) is 5.82 Å². The van der Waals surface area contributed by atoms with Crippen LogP contribution < -0.4 is 5.32 Å². The fourth-order valence-electron chi connectivity index (χ4n) is 2.64. The summed E-state index contributed by atoms with van der Waals surface area (Å²) in [5.74, 6) is 0.897. The lowest BCUT2D eigenvalue weighted by molar-refractivity contribution is 0.796. The van der Waals surface area contributed by atoms with Crippen molar-refractivity contribution < 1.29 is 0 Å². The highest BCUT2D eigenvalue weighted by Crippen LogP contribution is 2.28. The maximum Gasteiger partial charge on any atom is 0.138 e. The van der Waals surface area contributed by atoms with Crippen molar-refractivity contribution >= 4 is 38.3 Å². The third-order valence-electron chi connectivity index (χ3n) is 3.83. The molecule has 1 aromatic carbocycles. The highest BCUT2D eigenvalue weighted by Gasteiger charge is 2.08. The van der Waals surface area contributed by atoms with E-state index in [0.29, 0.717) is 0 Å². The molecule has 6 heteroatoms. The van der Waals surface area contributed by atoms with Gasteiger partial charge in [-0.25, -0.2) is 9.97 Å². The number of nitrogens with zero attached hydrogens (tertiary/aromatic N) is 4. The minimum Gasteiger partial charge on any atom is -0.365 e. The number of hydrogen-bond acceptors (Lipinski definition) is 5. The number of thiophene rings is 1. The molecule has 1 N–H and O–H groups in total. The van der Waals surface area contributed by atoms with Crippen LogP contribution >= 0.6 is 11.3 Å². The zero-order valence-corrected chi connectivity index (χ0v) is 13.2. The van der Waals surface area contributed by atoms with E-state index in [9.17, 15) is 0 Å². The summed E-state index contributed by atoms with van der Waals surface area (Å²) < 4.78 is 1.89. The second kappa shape index (κ2) is 5.06. The molecular weight excluding hydrogens is 294 g/mol. The third-order valence-corrected chi connectivity index (χ3v) is 4.83. The summed E-state index contributed by atoms with van der Waals surface area (Å²) in [6, 6.07) is 6.38. The lowest BCUT2D eigenvalue weighted by Crippen LogP contribution is -2.02. The van der Waals surface area contributed by atoms with E-state index in [0.717, 1.165) is 33.5 Å². The number of aryl methyl sites for hydroxylation is 2. The van der Waals surface area contributed by atoms with Crippen LogP contribution in [-0.2, 0) is 13.6 Å². The van der Waals surface area contributed by atoms with Gasteiger partial charge in [-0.05, 0) is 29.5 Å². The average molecular weight is 309 g/mol. The first-order chi connectivity index (χ1) is 10.7. The average Bonchev–Trinajstić information content (AvgIpc) is 3.10. The molecule has 0 saturated heterocycles. The van der Waals surface area contributed by atoms with Gasteiger partial charge >= 0.3 is 0 Å². The Morgan fingerprint density at radius 3 is 3.09 bits per heavy atom. The number of benzene rings is 1. The molecular formula is C16H15N5S. The Kier molecular flexibility index (Phi) is 3.04. The Hall–Kier alpha value is -2.47. The monoisotopic (exact) mass is 309 g/mol. The summed E-state index contributed by atoms with van der Waals surface area (Å²) in [6.45, 7) is 2.82. The Labute approximate surface area is 131 Å². The zero-order valence-electron chi connectivity index (χ0n) is 12.4. The van der Waals surface area contributed by atoms with Crippen LogP contribution in [0.15, 0.2) is 36.1 Å². The van der Waals surface area contributed by atoms with Gasteiger partial charge in [0, 0.05) is 19.0 Å². The van der Waals surface area contributed by atoms with Gasteiger partial charge in [0.2, 0.25) is 0 Å². The summed E-state index contributed by atoms with van der Waals surface area (Å²) in [5.41, 5.74) is 3.56. The molecule has 0 atom stereocenters. The standard InChI is InChI=1S/C16H15N5S/c1-10-8-22-16-14(10)15(18-9-19-16)17-6-11-3-4-12-7-20-21(2)13(12)5-11/h3-5,7-9H,6H2,1-2H3,(H,17,18,19). The van der Waals surface area contributed by atoms with Crippen molar-refractivity contribution in [3.63, 3.8) is 0 Å². The van der Waals surface area contributed by atoms with Crippen molar-refractivity contribution in [3.8, 4) is 0 Å². The van der Waals surface area contributed by atoms with Crippen molar-refractivity contribution in [2.75, 3.05) is 5.32 Å². The number of anilines is 1. The molecule has 4 rings (SSSR count). The zero-order chi connectivity index (χ0) is 15.1. The van der Waals surface area contributed by atoms with E-state index in [-0.39, 0.29) is 0 Å². The Bertz CT molecular complexity index is 969. The van der Waals surface area contributed by atoms with Crippen molar-refractivity contribution in [1.29, 1.82) is 0 Å². The highest BCUT2D eigenvalue weighted by molar-refractivity contribution is 7.17. The molecule has 22 heavy (non-hydrogen) atoms. The fourth-order valence-corrected chi connectivity index (χ4v) is 3.53. The molecule has 4 aromatic rings. The topological polar surface area (TPSA) is 55.6 Å². The van der Waals surface area contributed by atoms with Crippen molar-refractivity contribution in [2.45, 2.75) is 13.5 Å². The van der Waals surface area contributed by atoms with Gasteiger partial charge in [0.05, 0.1) is 17.1 Å². The molecule has 0 aliphatic rings. The van der Waals surface area contributed by atoms with E-state index in [2.05, 4.69) is 50.9 Å². The van der Waals surface area contributed by atoms with E-state index >= 15 is 0 Å². The van der Waals surface area contributed by atoms with Crippen molar-refractivity contribution in [3.05, 3.63) is 47.2 Å². The fraction of sp³-hybridized carbons (Fsp3) is 0.188. The summed E-state index contributed by atoms with van der Waals surface area (Å²) in [5, 5.41) is 12.1. The first kappa shape index (κ1) is 13.2. The van der Waals surface area contributed by atoms with Gasteiger partial charge in [-0.2, -0.15) is 5.10 Å². The summed E-state index contributed by atoms with van der Waals surface area (Å²) >= 11 is 1.65. The molecule has 0 radical (unpaired) electrons. The normalized spacial score (nSPS) is 11.4. The van der Waals surface area contributed by atoms with Crippen LogP contribution in [0.1, 0.15) is 11.1 Å². The van der Waals surface area contributed by atoms with E-state index in [1.807, 2.05) is 17.9 Å². The van der Waals surface area contributed by atoms with Crippen LogP contribution in [0.2, 0.25) is 0 Å². The second-order valence-electron chi connectivity index (χ2n) is 5.34. The van der Waals surface area contributed by atoms with Gasteiger partial charge in [0.1, 0.15) is 17.0 Å². The van der Waals surface area contributed by atoms with Gasteiger partial charge in [0.15, 0.2) is 0 Å². The number of hydrogen-bond donors (Lipinski definition) is 1. The predicted octanol–water partition coefficient (Wildman–Crippen LogP) is 3.50. The van der Waals surface area contributed by atoms with E-state index in [1.54, 1.807) is 17.7 Å². The Morgan fingerprint density at radius 1 is 1.27 bits per heavy atom. The van der Waals surface area contributed by atoms with Crippen LogP contribution in [0, 0.1) is 6.92 Å². The molecule has 0 aliphatic heterocycles. The van der Waals surface area contributed by atoms with Crippen LogP contribution in [0.3, 0.4) is 0 Å². The summed E-state index contributed by atoms with van der Waals surface area (Å²) in [6.07, 6.45) is 3.50. The van der Waals surface area contributed by atoms with Crippen LogP contribution in [0.5, 0.6) is 0 Å². The van der Waals surface area contributed by atoms with E-state index in [4.69, 9.17) is 0 Å². The molecule has 0 fully saturated rings. The summed E-state index contributed by atoms with van der Waals surface area (Å²) in [7, 11) is 1.96. The smallest absolute Gasteiger partial charge is 0.138 e. The number of nitrogens with one attached hydrogen (secondary N) is 1. The molecule has 110 valence electrons. The molecule has 0 spiro atoms. The van der Waals surface area contributed by atoms with E-state index in [1.165, 1.54) is 11.1 Å². The molecule has 0 saturated carbocycles. The molecule has 5 nitrogen and oxygen atoms in total. The number of aromatic nitrogens is 4. The van der Waals surface area contributed by atoms with Crippen LogP contribution in [-0.4, -0.2) is 19.7 Å². The molecule has 0 aliphatic carbocycles. The number of fused-ring (bicyclic) bond motifs is 2. The summed E-state index contributed by atoms with van der Waals surface area (Å²) in [4.78, 5) is 9.74. The van der Waals surface area contributed by atoms with Gasteiger partial charge < -0.3 is 5.32 Å². The molecule has 0 amide bonds. The van der Waals surface area contributed by atoms with Gasteiger partial charge in [-0.3, -0.25) is 4.68 Å². The Balaban J connectivity index is 1.65. The first-order valence-electron chi connectivity index (χ1n) is 7.05.